The van der Waals surface area contributed by atoms with Crippen molar-refractivity contribution in [1.29, 1.82) is 0 Å². The van der Waals surface area contributed by atoms with E-state index in [2.05, 4.69) is 40.4 Å². The fourth-order valence-corrected chi connectivity index (χ4v) is 11.1. The van der Waals surface area contributed by atoms with Crippen molar-refractivity contribution in [2.45, 2.75) is 204 Å². The molecule has 70 heavy (non-hydrogen) atoms. The zero-order valence-electron chi connectivity index (χ0n) is 44.4. The number of ketones is 1. The molecule has 0 radical (unpaired) electrons. The van der Waals surface area contributed by atoms with Gasteiger partial charge in [-0.15, -0.1) is 0 Å². The van der Waals surface area contributed by atoms with Crippen LogP contribution in [0.2, 0.25) is 18.1 Å². The Morgan fingerprint density at radius 2 is 1.59 bits per heavy atom. The van der Waals surface area contributed by atoms with Crippen LogP contribution in [0.4, 0.5) is 0 Å². The van der Waals surface area contributed by atoms with Crippen LogP contribution in [0.25, 0.3) is 0 Å². The third kappa shape index (κ3) is 17.8. The molecule has 1 aromatic carbocycles. The molecule has 1 aromatic rings. The minimum absolute atomic E-state index is 0.0186. The third-order valence-electron chi connectivity index (χ3n) is 14.3. The van der Waals surface area contributed by atoms with Crippen LogP contribution >= 0.6 is 0 Å². The van der Waals surface area contributed by atoms with Gasteiger partial charge in [-0.1, -0.05) is 65.0 Å². The van der Waals surface area contributed by atoms with Crippen molar-refractivity contribution in [3.8, 4) is 5.75 Å². The number of benzene rings is 1. The van der Waals surface area contributed by atoms with E-state index in [1.165, 1.54) is 19.9 Å². The summed E-state index contributed by atoms with van der Waals surface area (Å²) in [4.78, 5) is 38.4. The number of rotatable bonds is 26. The maximum atomic E-state index is 13.9. The normalized spacial score (nSPS) is 29.3. The van der Waals surface area contributed by atoms with Gasteiger partial charge in [0.1, 0.15) is 24.8 Å². The number of hydrogen-bond donors (Lipinski definition) is 2. The van der Waals surface area contributed by atoms with Crippen molar-refractivity contribution in [2.24, 2.45) is 11.8 Å². The number of carbonyl (C=O) groups excluding carboxylic acids is 3. The molecule has 0 unspecified atom stereocenters. The second-order valence-electron chi connectivity index (χ2n) is 21.5. The molecule has 12 atom stereocenters. The number of aliphatic hydroxyl groups excluding tert-OH is 1. The van der Waals surface area contributed by atoms with Gasteiger partial charge >= 0.3 is 11.9 Å². The number of esters is 2. The maximum absolute atomic E-state index is 13.9. The van der Waals surface area contributed by atoms with Gasteiger partial charge in [-0.2, -0.15) is 0 Å². The van der Waals surface area contributed by atoms with Crippen molar-refractivity contribution in [1.82, 2.24) is 0 Å². The summed E-state index contributed by atoms with van der Waals surface area (Å²) in [6, 6.07) is 7.67. The van der Waals surface area contributed by atoms with Gasteiger partial charge in [0.2, 0.25) is 0 Å². The highest BCUT2D eigenvalue weighted by Crippen LogP contribution is 2.47. The van der Waals surface area contributed by atoms with E-state index in [-0.39, 0.29) is 68.7 Å². The SMILES string of the molecule is C=C(C[C@H]1C[C@](C)(O)C[C@@]2(C[C@@H](OC(C)=O)C[C@H](CCO)O2)O1)[C@@H](C)[C@H](OC(C)=O)[C@H](C)C(=O)/C=C/C[C@@H](C[C@]1(OC)C[C@@H](O[Si](C)(C)C(C)(C)C)C[C@H](COCOCc2ccc(OC)cc2)O1)OC. The minimum Gasteiger partial charge on any atom is -0.497 e. The first-order valence-corrected chi connectivity index (χ1v) is 27.8. The second-order valence-corrected chi connectivity index (χ2v) is 26.3. The van der Waals surface area contributed by atoms with Crippen LogP contribution in [0.5, 0.6) is 5.75 Å². The van der Waals surface area contributed by atoms with E-state index in [9.17, 15) is 24.6 Å². The lowest BCUT2D eigenvalue weighted by molar-refractivity contribution is -0.350. The van der Waals surface area contributed by atoms with Crippen LogP contribution in [0, 0.1) is 11.8 Å². The van der Waals surface area contributed by atoms with Crippen LogP contribution in [-0.2, 0) is 68.0 Å². The first kappa shape index (κ1) is 59.5. The van der Waals surface area contributed by atoms with Gasteiger partial charge in [-0.05, 0) is 68.1 Å². The summed E-state index contributed by atoms with van der Waals surface area (Å²) in [5, 5.41) is 21.2. The summed E-state index contributed by atoms with van der Waals surface area (Å²) in [5.74, 6) is -4.02. The van der Waals surface area contributed by atoms with Gasteiger partial charge in [0, 0.05) is 85.5 Å². The molecule has 3 heterocycles. The number of allylic oxidation sites excluding steroid dienone is 1. The van der Waals surface area contributed by atoms with E-state index in [0.29, 0.717) is 50.7 Å². The highest BCUT2D eigenvalue weighted by molar-refractivity contribution is 6.74. The summed E-state index contributed by atoms with van der Waals surface area (Å²) < 4.78 is 67.5. The first-order chi connectivity index (χ1) is 32.8. The summed E-state index contributed by atoms with van der Waals surface area (Å²) in [6.07, 6.45) is 3.33. The predicted molar refractivity (Wildman–Crippen MR) is 265 cm³/mol. The second kappa shape index (κ2) is 26.2. The molecule has 1 spiro atoms. The number of ether oxygens (including phenoxy) is 10. The van der Waals surface area contributed by atoms with E-state index in [0.717, 1.165) is 11.3 Å². The van der Waals surface area contributed by atoms with Crippen LogP contribution < -0.4 is 4.74 Å². The Morgan fingerprint density at radius 3 is 2.19 bits per heavy atom. The Morgan fingerprint density at radius 1 is 0.914 bits per heavy atom. The smallest absolute Gasteiger partial charge is 0.302 e. The lowest BCUT2D eigenvalue weighted by atomic mass is 9.79. The summed E-state index contributed by atoms with van der Waals surface area (Å²) in [6.45, 7) is 24.0. The zero-order chi connectivity index (χ0) is 52.1. The van der Waals surface area contributed by atoms with Crippen LogP contribution in [0.3, 0.4) is 0 Å². The number of hydrogen-bond acceptors (Lipinski definition) is 16. The van der Waals surface area contributed by atoms with E-state index in [1.807, 2.05) is 31.2 Å². The third-order valence-corrected chi connectivity index (χ3v) is 18.9. The molecule has 17 heteroatoms. The Balaban J connectivity index is 1.42. The molecule has 3 saturated heterocycles. The summed E-state index contributed by atoms with van der Waals surface area (Å²) >= 11 is 0. The quantitative estimate of drug-likeness (QED) is 0.0225. The molecule has 3 aliphatic rings. The summed E-state index contributed by atoms with van der Waals surface area (Å²) in [5.41, 5.74) is 0.452. The van der Waals surface area contributed by atoms with Crippen molar-refractivity contribution in [3.05, 3.63) is 54.1 Å². The molecule has 398 valence electrons. The van der Waals surface area contributed by atoms with Gasteiger partial charge in [-0.3, -0.25) is 14.4 Å². The fraction of sp³-hybridized carbons (Fsp3) is 0.755. The molecule has 16 nitrogen and oxygen atoms in total. The predicted octanol–water partition coefficient (Wildman–Crippen LogP) is 8.29. The highest BCUT2D eigenvalue weighted by atomic mass is 28.4. The van der Waals surface area contributed by atoms with Crippen molar-refractivity contribution in [2.75, 3.05) is 41.3 Å². The Kier molecular flexibility index (Phi) is 22.3. The maximum Gasteiger partial charge on any atom is 0.302 e. The average Bonchev–Trinajstić information content (AvgIpc) is 3.25. The van der Waals surface area contributed by atoms with Gasteiger partial charge in [0.15, 0.2) is 25.7 Å². The molecule has 0 bridgehead atoms. The number of carbonyl (C=O) groups is 3. The molecule has 0 saturated carbocycles. The summed E-state index contributed by atoms with van der Waals surface area (Å²) in [7, 11) is 2.68. The van der Waals surface area contributed by atoms with Crippen molar-refractivity contribution >= 4 is 26.0 Å². The number of methoxy groups -OCH3 is 3. The van der Waals surface area contributed by atoms with Crippen LogP contribution in [0.1, 0.15) is 125 Å². The van der Waals surface area contributed by atoms with E-state index < -0.39 is 79.8 Å². The minimum atomic E-state index is -2.20. The number of aliphatic hydroxyl groups is 2. The van der Waals surface area contributed by atoms with Gasteiger partial charge < -0.3 is 62.0 Å². The molecule has 0 aromatic heterocycles. The van der Waals surface area contributed by atoms with Crippen molar-refractivity contribution < 1.29 is 76.4 Å². The van der Waals surface area contributed by atoms with Crippen molar-refractivity contribution in [3.63, 3.8) is 0 Å². The standard InChI is InChI=1S/C53H86O16Si/c1-35(24-45-27-51(9,58)33-53(67-45)29-44(64-38(4)55)25-42(66-53)22-23-54)36(2)49(65-39(5)56)37(3)48(57)17-15-16-43(60-11)28-52(61-12)30-46(69-70(13,14)50(6,7)8)26-47(68-52)32-63-34-62-31-40-18-20-41(59-10)21-19-40/h15,17-21,36-37,42-47,49,54,58H,1,16,22-34H2,2-14H3/b17-15+/t36-,37-,42+,43+,44+,45+,46+,47-,49+,51+,52-,53-/m1/s1. The van der Waals surface area contributed by atoms with Gasteiger partial charge in [-0.25, -0.2) is 0 Å². The molecule has 3 aliphatic heterocycles. The topological polar surface area (TPSA) is 193 Å². The fourth-order valence-electron chi connectivity index (χ4n) is 9.78. The molecular weight excluding hydrogens is 921 g/mol. The molecular formula is C53H86O16Si. The lowest BCUT2D eigenvalue weighted by Crippen LogP contribution is -2.58. The first-order valence-electron chi connectivity index (χ1n) is 24.9. The van der Waals surface area contributed by atoms with Crippen LogP contribution in [-0.4, -0.2) is 137 Å². The van der Waals surface area contributed by atoms with E-state index in [4.69, 9.17) is 51.8 Å². The molecule has 4 rings (SSSR count). The zero-order valence-corrected chi connectivity index (χ0v) is 45.4. The average molecular weight is 1010 g/mol. The highest BCUT2D eigenvalue weighted by Gasteiger charge is 2.53. The monoisotopic (exact) mass is 1010 g/mol. The Bertz CT molecular complexity index is 1860. The molecule has 3 fully saturated rings. The Hall–Kier alpha value is -3.07. The van der Waals surface area contributed by atoms with E-state index in [1.54, 1.807) is 41.3 Å². The lowest BCUT2D eigenvalue weighted by Gasteiger charge is -2.52. The van der Waals surface area contributed by atoms with Crippen LogP contribution in [0.15, 0.2) is 48.6 Å². The Labute approximate surface area is 418 Å². The largest absolute Gasteiger partial charge is 0.497 e. The van der Waals surface area contributed by atoms with Gasteiger partial charge in [0.05, 0.1) is 62.4 Å². The molecule has 0 amide bonds. The molecule has 0 aliphatic carbocycles. The van der Waals surface area contributed by atoms with Gasteiger partial charge in [0.25, 0.3) is 0 Å². The molecule has 2 N–H and O–H groups in total. The van der Waals surface area contributed by atoms with E-state index >= 15 is 0 Å².